The van der Waals surface area contributed by atoms with Crippen molar-refractivity contribution in [3.63, 3.8) is 0 Å². The molecule has 0 aliphatic rings. The fourth-order valence-electron chi connectivity index (χ4n) is 1.91. The summed E-state index contributed by atoms with van der Waals surface area (Å²) in [5.41, 5.74) is 0.227. The Bertz CT molecular complexity index is 439. The minimum atomic E-state index is -1.38. The van der Waals surface area contributed by atoms with Crippen molar-refractivity contribution in [3.05, 3.63) is 23.2 Å². The largest absolute Gasteiger partial charge is 0.463 e. The zero-order valence-corrected chi connectivity index (χ0v) is 12.5. The second-order valence-corrected chi connectivity index (χ2v) is 5.01. The summed E-state index contributed by atoms with van der Waals surface area (Å²) in [5, 5.41) is 27.9. The van der Waals surface area contributed by atoms with E-state index in [0.717, 1.165) is 25.7 Å². The zero-order chi connectivity index (χ0) is 15.8. The number of esters is 1. The SMILES string of the molecule is CCCCCCOC(=O)c1cc([C@@H](O)[C@H](O)CO)oc1C. The van der Waals surface area contributed by atoms with Crippen LogP contribution in [0.3, 0.4) is 0 Å². The molecule has 0 amide bonds. The van der Waals surface area contributed by atoms with Gasteiger partial charge in [0.05, 0.1) is 13.2 Å². The lowest BCUT2D eigenvalue weighted by Gasteiger charge is -2.12. The number of rotatable bonds is 9. The maximum absolute atomic E-state index is 11.9. The molecule has 0 aliphatic heterocycles. The molecule has 6 heteroatoms. The molecule has 2 atom stereocenters. The molecule has 21 heavy (non-hydrogen) atoms. The Morgan fingerprint density at radius 2 is 2.05 bits per heavy atom. The zero-order valence-electron chi connectivity index (χ0n) is 12.5. The van der Waals surface area contributed by atoms with Crippen LogP contribution < -0.4 is 0 Å². The van der Waals surface area contributed by atoms with Gasteiger partial charge in [0.1, 0.15) is 29.3 Å². The fraction of sp³-hybridized carbons (Fsp3) is 0.667. The normalized spacial score (nSPS) is 14.0. The summed E-state index contributed by atoms with van der Waals surface area (Å²) >= 11 is 0. The number of hydrogen-bond acceptors (Lipinski definition) is 6. The van der Waals surface area contributed by atoms with Crippen LogP contribution in [-0.2, 0) is 4.74 Å². The minimum absolute atomic E-state index is 0.0342. The molecule has 0 saturated carbocycles. The number of unbranched alkanes of at least 4 members (excludes halogenated alkanes) is 3. The van der Waals surface area contributed by atoms with Crippen molar-refractivity contribution in [1.82, 2.24) is 0 Å². The van der Waals surface area contributed by atoms with E-state index < -0.39 is 24.8 Å². The molecule has 3 N–H and O–H groups in total. The first-order chi connectivity index (χ1) is 10.0. The van der Waals surface area contributed by atoms with E-state index in [1.165, 1.54) is 6.07 Å². The van der Waals surface area contributed by atoms with E-state index in [4.69, 9.17) is 14.3 Å². The van der Waals surface area contributed by atoms with Crippen LogP contribution in [-0.4, -0.2) is 40.6 Å². The van der Waals surface area contributed by atoms with Crippen molar-refractivity contribution in [3.8, 4) is 0 Å². The van der Waals surface area contributed by atoms with Crippen LogP contribution in [0, 0.1) is 6.92 Å². The van der Waals surface area contributed by atoms with Crippen molar-refractivity contribution < 1.29 is 29.3 Å². The summed E-state index contributed by atoms with van der Waals surface area (Å²) < 4.78 is 10.4. The highest BCUT2D eigenvalue weighted by molar-refractivity contribution is 5.90. The molecular weight excluding hydrogens is 276 g/mol. The molecule has 6 nitrogen and oxygen atoms in total. The lowest BCUT2D eigenvalue weighted by molar-refractivity contribution is -0.0254. The standard InChI is InChI=1S/C15H24O6/c1-3-4-5-6-7-20-15(19)11-8-13(21-10(11)2)14(18)12(17)9-16/h8,12,14,16-18H,3-7,9H2,1-2H3/t12-,14+/m1/s1. The van der Waals surface area contributed by atoms with Gasteiger partial charge in [-0.2, -0.15) is 0 Å². The molecule has 0 spiro atoms. The Balaban J connectivity index is 2.58. The lowest BCUT2D eigenvalue weighted by Crippen LogP contribution is -2.21. The molecule has 0 fully saturated rings. The van der Waals surface area contributed by atoms with E-state index >= 15 is 0 Å². The first-order valence-corrected chi connectivity index (χ1v) is 7.25. The Labute approximate surface area is 124 Å². The van der Waals surface area contributed by atoms with Crippen molar-refractivity contribution in [1.29, 1.82) is 0 Å². The summed E-state index contributed by atoms with van der Waals surface area (Å²) in [6.07, 6.45) is 1.32. The molecule has 0 radical (unpaired) electrons. The van der Waals surface area contributed by atoms with Gasteiger partial charge in [-0.1, -0.05) is 26.2 Å². The first-order valence-electron chi connectivity index (χ1n) is 7.25. The molecule has 120 valence electrons. The second-order valence-electron chi connectivity index (χ2n) is 5.01. The van der Waals surface area contributed by atoms with Gasteiger partial charge in [0.2, 0.25) is 0 Å². The molecule has 0 aliphatic carbocycles. The van der Waals surface area contributed by atoms with Gasteiger partial charge in [-0.25, -0.2) is 4.79 Å². The molecule has 0 saturated heterocycles. The third-order valence-corrected chi connectivity index (χ3v) is 3.23. The number of furan rings is 1. The highest BCUT2D eigenvalue weighted by Crippen LogP contribution is 2.23. The number of ether oxygens (including phenoxy) is 1. The number of carbonyl (C=O) groups is 1. The van der Waals surface area contributed by atoms with E-state index in [2.05, 4.69) is 6.92 Å². The van der Waals surface area contributed by atoms with E-state index in [9.17, 15) is 15.0 Å². The van der Waals surface area contributed by atoms with Crippen LogP contribution in [0.4, 0.5) is 0 Å². The monoisotopic (exact) mass is 300 g/mol. The maximum atomic E-state index is 11.9. The predicted octanol–water partition coefficient (Wildman–Crippen LogP) is 1.71. The summed E-state index contributed by atoms with van der Waals surface area (Å²) in [5.74, 6) is -0.163. The molecular formula is C15H24O6. The van der Waals surface area contributed by atoms with E-state index in [1.54, 1.807) is 6.92 Å². The summed E-state index contributed by atoms with van der Waals surface area (Å²) in [6, 6.07) is 1.34. The van der Waals surface area contributed by atoms with Gasteiger partial charge in [0.25, 0.3) is 0 Å². The highest BCUT2D eigenvalue weighted by Gasteiger charge is 2.25. The van der Waals surface area contributed by atoms with Gasteiger partial charge in [-0.15, -0.1) is 0 Å². The molecule has 1 aromatic heterocycles. The van der Waals surface area contributed by atoms with Crippen LogP contribution in [0.1, 0.15) is 60.6 Å². The third kappa shape index (κ3) is 5.15. The fourth-order valence-corrected chi connectivity index (χ4v) is 1.91. The van der Waals surface area contributed by atoms with Crippen LogP contribution in [0.5, 0.6) is 0 Å². The minimum Gasteiger partial charge on any atom is -0.463 e. The van der Waals surface area contributed by atoms with Crippen molar-refractivity contribution >= 4 is 5.97 Å². The Kier molecular flexibility index (Phi) is 7.42. The molecule has 0 unspecified atom stereocenters. The quantitative estimate of drug-likeness (QED) is 0.474. The second kappa shape index (κ2) is 8.81. The van der Waals surface area contributed by atoms with Gasteiger partial charge in [0.15, 0.2) is 0 Å². The predicted molar refractivity (Wildman–Crippen MR) is 75.9 cm³/mol. The summed E-state index contributed by atoms with van der Waals surface area (Å²) in [4.78, 5) is 11.9. The van der Waals surface area contributed by atoms with Crippen LogP contribution >= 0.6 is 0 Å². The summed E-state index contributed by atoms with van der Waals surface area (Å²) in [6.45, 7) is 3.43. The highest BCUT2D eigenvalue weighted by atomic mass is 16.5. The van der Waals surface area contributed by atoms with E-state index in [-0.39, 0.29) is 11.3 Å². The van der Waals surface area contributed by atoms with Crippen LogP contribution in [0.15, 0.2) is 10.5 Å². The topological polar surface area (TPSA) is 100 Å². The first kappa shape index (κ1) is 17.7. The van der Waals surface area contributed by atoms with Crippen molar-refractivity contribution in [2.24, 2.45) is 0 Å². The summed E-state index contributed by atoms with van der Waals surface area (Å²) in [7, 11) is 0. The van der Waals surface area contributed by atoms with Crippen LogP contribution in [0.2, 0.25) is 0 Å². The molecule has 1 rings (SSSR count). The lowest BCUT2D eigenvalue weighted by atomic mass is 10.1. The third-order valence-electron chi connectivity index (χ3n) is 3.23. The van der Waals surface area contributed by atoms with E-state index in [1.807, 2.05) is 0 Å². The van der Waals surface area contributed by atoms with Crippen LogP contribution in [0.25, 0.3) is 0 Å². The Morgan fingerprint density at radius 3 is 2.67 bits per heavy atom. The Morgan fingerprint density at radius 1 is 1.33 bits per heavy atom. The smallest absolute Gasteiger partial charge is 0.341 e. The Hall–Kier alpha value is -1.37. The maximum Gasteiger partial charge on any atom is 0.341 e. The molecule has 1 heterocycles. The number of aryl methyl sites for hydroxylation is 1. The number of hydrogen-bond donors (Lipinski definition) is 3. The number of carbonyl (C=O) groups excluding carboxylic acids is 1. The number of aliphatic hydroxyl groups is 3. The van der Waals surface area contributed by atoms with Gasteiger partial charge >= 0.3 is 5.97 Å². The van der Waals surface area contributed by atoms with Gasteiger partial charge in [0, 0.05) is 0 Å². The van der Waals surface area contributed by atoms with E-state index in [0.29, 0.717) is 12.4 Å². The average molecular weight is 300 g/mol. The van der Waals surface area contributed by atoms with Gasteiger partial charge in [-0.3, -0.25) is 0 Å². The van der Waals surface area contributed by atoms with Gasteiger partial charge < -0.3 is 24.5 Å². The number of aliphatic hydroxyl groups excluding tert-OH is 3. The molecule has 0 aromatic carbocycles. The van der Waals surface area contributed by atoms with Crippen molar-refractivity contribution in [2.75, 3.05) is 13.2 Å². The molecule has 1 aromatic rings. The van der Waals surface area contributed by atoms with Crippen molar-refractivity contribution in [2.45, 2.75) is 51.7 Å². The molecule has 0 bridgehead atoms. The average Bonchev–Trinajstić information content (AvgIpc) is 2.87. The van der Waals surface area contributed by atoms with Gasteiger partial charge in [-0.05, 0) is 19.4 Å².